The monoisotopic (exact) mass is 409 g/mol. The van der Waals surface area contributed by atoms with Crippen molar-refractivity contribution in [2.24, 2.45) is 0 Å². The molecule has 0 N–H and O–H groups in total. The van der Waals surface area contributed by atoms with Crippen molar-refractivity contribution >= 4 is 33.3 Å². The maximum atomic E-state index is 13.3. The lowest BCUT2D eigenvalue weighted by Crippen LogP contribution is -2.38. The second kappa shape index (κ2) is 7.41. The molecule has 2 heterocycles. The standard InChI is InChI=1S/C18H19NO6S2/c1-11-15-5-7-26-16(15)4-6-19(11)27(22,23)14-9-12(17(20)24-2)8-13(10-14)18(21)25-3/h5,7-11H,4,6H2,1-3H3. The van der Waals surface area contributed by atoms with E-state index in [0.717, 1.165) is 5.56 Å². The first-order valence-electron chi connectivity index (χ1n) is 8.19. The molecule has 0 fully saturated rings. The van der Waals surface area contributed by atoms with Gasteiger partial charge in [-0.1, -0.05) is 0 Å². The van der Waals surface area contributed by atoms with Crippen molar-refractivity contribution in [2.75, 3.05) is 20.8 Å². The predicted octanol–water partition coefficient (Wildman–Crippen LogP) is 2.63. The molecule has 0 spiro atoms. The van der Waals surface area contributed by atoms with Crippen LogP contribution in [0.1, 0.15) is 44.1 Å². The summed E-state index contributed by atoms with van der Waals surface area (Å²) in [6.45, 7) is 2.15. The van der Waals surface area contributed by atoms with E-state index in [0.29, 0.717) is 13.0 Å². The van der Waals surface area contributed by atoms with Gasteiger partial charge in [0.25, 0.3) is 0 Å². The molecule has 0 radical (unpaired) electrons. The number of benzene rings is 1. The molecule has 9 heteroatoms. The molecule has 27 heavy (non-hydrogen) atoms. The maximum absolute atomic E-state index is 13.3. The lowest BCUT2D eigenvalue weighted by atomic mass is 10.0. The SMILES string of the molecule is COC(=O)c1cc(C(=O)OC)cc(S(=O)(=O)N2CCc3sccc3C2C)c1. The summed E-state index contributed by atoms with van der Waals surface area (Å²) in [6, 6.07) is 5.30. The van der Waals surface area contributed by atoms with Crippen LogP contribution in [0, 0.1) is 0 Å². The third-order valence-electron chi connectivity index (χ3n) is 4.58. The first-order valence-corrected chi connectivity index (χ1v) is 10.5. The van der Waals surface area contributed by atoms with E-state index in [4.69, 9.17) is 0 Å². The molecule has 7 nitrogen and oxygen atoms in total. The number of hydrogen-bond donors (Lipinski definition) is 0. The zero-order valence-corrected chi connectivity index (χ0v) is 16.7. The van der Waals surface area contributed by atoms with E-state index >= 15 is 0 Å². The molecule has 2 aromatic rings. The second-order valence-electron chi connectivity index (χ2n) is 6.07. The Bertz CT molecular complexity index is 961. The number of hydrogen-bond acceptors (Lipinski definition) is 7. The Morgan fingerprint density at radius 2 is 1.70 bits per heavy atom. The van der Waals surface area contributed by atoms with Gasteiger partial charge in [-0.25, -0.2) is 18.0 Å². The van der Waals surface area contributed by atoms with Gasteiger partial charge in [-0.2, -0.15) is 4.31 Å². The van der Waals surface area contributed by atoms with Crippen molar-refractivity contribution in [3.05, 3.63) is 51.2 Å². The highest BCUT2D eigenvalue weighted by Gasteiger charge is 2.35. The van der Waals surface area contributed by atoms with Crippen LogP contribution in [0.4, 0.5) is 0 Å². The van der Waals surface area contributed by atoms with Crippen molar-refractivity contribution in [2.45, 2.75) is 24.3 Å². The van der Waals surface area contributed by atoms with Gasteiger partial charge in [-0.05, 0) is 48.6 Å². The molecule has 3 rings (SSSR count). The van der Waals surface area contributed by atoms with Crippen LogP contribution < -0.4 is 0 Å². The van der Waals surface area contributed by atoms with Gasteiger partial charge in [-0.15, -0.1) is 11.3 Å². The van der Waals surface area contributed by atoms with E-state index < -0.39 is 22.0 Å². The fraction of sp³-hybridized carbons (Fsp3) is 0.333. The predicted molar refractivity (Wildman–Crippen MR) is 99.5 cm³/mol. The van der Waals surface area contributed by atoms with Gasteiger partial charge in [0.15, 0.2) is 0 Å². The highest BCUT2D eigenvalue weighted by atomic mass is 32.2. The fourth-order valence-corrected chi connectivity index (χ4v) is 5.82. The molecule has 144 valence electrons. The van der Waals surface area contributed by atoms with E-state index in [9.17, 15) is 18.0 Å². The zero-order chi connectivity index (χ0) is 19.8. The number of carbonyl (C=O) groups excluding carboxylic acids is 2. The number of carbonyl (C=O) groups is 2. The number of ether oxygens (including phenoxy) is 2. The normalized spacial score (nSPS) is 17.2. The Kier molecular flexibility index (Phi) is 5.36. The highest BCUT2D eigenvalue weighted by Crippen LogP contribution is 2.36. The summed E-state index contributed by atoms with van der Waals surface area (Å²) >= 11 is 1.61. The van der Waals surface area contributed by atoms with E-state index in [1.54, 1.807) is 11.3 Å². The molecule has 0 amide bonds. The summed E-state index contributed by atoms with van der Waals surface area (Å²) in [5.41, 5.74) is 0.923. The van der Waals surface area contributed by atoms with Crippen molar-refractivity contribution in [3.63, 3.8) is 0 Å². The van der Waals surface area contributed by atoms with Crippen LogP contribution >= 0.6 is 11.3 Å². The Hall–Kier alpha value is -2.23. The largest absolute Gasteiger partial charge is 0.465 e. The van der Waals surface area contributed by atoms with Gasteiger partial charge in [-0.3, -0.25) is 0 Å². The molecule has 1 unspecified atom stereocenters. The Morgan fingerprint density at radius 1 is 1.11 bits per heavy atom. The van der Waals surface area contributed by atoms with Crippen LogP contribution in [0.25, 0.3) is 0 Å². The van der Waals surface area contributed by atoms with Crippen molar-refractivity contribution in [1.29, 1.82) is 0 Å². The molecule has 0 saturated heterocycles. The first-order chi connectivity index (χ1) is 12.8. The molecule has 1 atom stereocenters. The van der Waals surface area contributed by atoms with E-state index in [1.165, 1.54) is 41.6 Å². The van der Waals surface area contributed by atoms with Crippen LogP contribution in [-0.2, 0) is 25.9 Å². The molecule has 0 aliphatic carbocycles. The topological polar surface area (TPSA) is 90.0 Å². The van der Waals surface area contributed by atoms with E-state index in [-0.39, 0.29) is 22.1 Å². The van der Waals surface area contributed by atoms with Gasteiger partial charge in [0.2, 0.25) is 10.0 Å². The van der Waals surface area contributed by atoms with Gasteiger partial charge in [0, 0.05) is 17.5 Å². The maximum Gasteiger partial charge on any atom is 0.337 e. The number of thiophene rings is 1. The second-order valence-corrected chi connectivity index (χ2v) is 8.96. The lowest BCUT2D eigenvalue weighted by molar-refractivity contribution is 0.0598. The number of esters is 2. The van der Waals surface area contributed by atoms with E-state index in [2.05, 4.69) is 9.47 Å². The van der Waals surface area contributed by atoms with Gasteiger partial charge in [0.1, 0.15) is 0 Å². The zero-order valence-electron chi connectivity index (χ0n) is 15.1. The first kappa shape index (κ1) is 19.5. The quantitative estimate of drug-likeness (QED) is 0.721. The summed E-state index contributed by atoms with van der Waals surface area (Å²) < 4.78 is 37.3. The Morgan fingerprint density at radius 3 is 2.26 bits per heavy atom. The number of methoxy groups -OCH3 is 2. The smallest absolute Gasteiger partial charge is 0.337 e. The van der Waals surface area contributed by atoms with Crippen LogP contribution in [0.15, 0.2) is 34.5 Å². The number of rotatable bonds is 4. The third kappa shape index (κ3) is 3.50. The average molecular weight is 409 g/mol. The number of fused-ring (bicyclic) bond motifs is 1. The molecular weight excluding hydrogens is 390 g/mol. The van der Waals surface area contributed by atoms with Gasteiger partial charge >= 0.3 is 11.9 Å². The minimum Gasteiger partial charge on any atom is -0.465 e. The fourth-order valence-electron chi connectivity index (χ4n) is 3.17. The van der Waals surface area contributed by atoms with Crippen molar-refractivity contribution < 1.29 is 27.5 Å². The van der Waals surface area contributed by atoms with Gasteiger partial charge in [0.05, 0.1) is 30.2 Å². The Labute approximate surface area is 161 Å². The molecular formula is C18H19NO6S2. The van der Waals surface area contributed by atoms with Crippen LogP contribution in [0.2, 0.25) is 0 Å². The van der Waals surface area contributed by atoms with Crippen LogP contribution in [-0.4, -0.2) is 45.4 Å². The summed E-state index contributed by atoms with van der Waals surface area (Å²) in [5, 5.41) is 1.95. The minimum atomic E-state index is -3.94. The molecule has 0 saturated carbocycles. The summed E-state index contributed by atoms with van der Waals surface area (Å²) in [6.07, 6.45) is 0.622. The van der Waals surface area contributed by atoms with E-state index in [1.807, 2.05) is 18.4 Å². The molecule has 1 aliphatic heterocycles. The van der Waals surface area contributed by atoms with Crippen LogP contribution in [0.3, 0.4) is 0 Å². The molecule has 1 aromatic heterocycles. The third-order valence-corrected chi connectivity index (χ3v) is 7.52. The van der Waals surface area contributed by atoms with Crippen molar-refractivity contribution in [1.82, 2.24) is 4.31 Å². The number of sulfonamides is 1. The van der Waals surface area contributed by atoms with Crippen molar-refractivity contribution in [3.8, 4) is 0 Å². The molecule has 0 bridgehead atoms. The lowest BCUT2D eigenvalue weighted by Gasteiger charge is -2.32. The average Bonchev–Trinajstić information content (AvgIpc) is 3.16. The molecule has 1 aliphatic rings. The Balaban J connectivity index is 2.08. The van der Waals surface area contributed by atoms with Crippen LogP contribution in [0.5, 0.6) is 0 Å². The summed E-state index contributed by atoms with van der Waals surface area (Å²) in [4.78, 5) is 24.9. The minimum absolute atomic E-state index is 0.0279. The molecule has 1 aromatic carbocycles. The number of nitrogens with zero attached hydrogens (tertiary/aromatic N) is 1. The highest BCUT2D eigenvalue weighted by molar-refractivity contribution is 7.89. The summed E-state index contributed by atoms with van der Waals surface area (Å²) in [7, 11) is -1.56. The summed E-state index contributed by atoms with van der Waals surface area (Å²) in [5.74, 6) is -1.46. The van der Waals surface area contributed by atoms with Gasteiger partial charge < -0.3 is 9.47 Å².